The van der Waals surface area contributed by atoms with Crippen molar-refractivity contribution in [3.05, 3.63) is 29.3 Å². The van der Waals surface area contributed by atoms with Gasteiger partial charge in [-0.3, -0.25) is 4.79 Å². The van der Waals surface area contributed by atoms with E-state index in [1.54, 1.807) is 12.0 Å². The molecular formula is C16H23NO3. The van der Waals surface area contributed by atoms with Crippen molar-refractivity contribution in [2.45, 2.75) is 26.4 Å². The first-order valence-electron chi connectivity index (χ1n) is 7.03. The Bertz CT molecular complexity index is 485. The predicted molar refractivity (Wildman–Crippen MR) is 77.9 cm³/mol. The number of morpholine rings is 1. The van der Waals surface area contributed by atoms with E-state index in [9.17, 15) is 4.79 Å². The molecule has 0 aliphatic carbocycles. The van der Waals surface area contributed by atoms with Gasteiger partial charge < -0.3 is 14.4 Å². The highest BCUT2D eigenvalue weighted by molar-refractivity contribution is 5.77. The summed E-state index contributed by atoms with van der Waals surface area (Å²) >= 11 is 0. The highest BCUT2D eigenvalue weighted by Crippen LogP contribution is 2.28. The summed E-state index contributed by atoms with van der Waals surface area (Å²) in [5.41, 5.74) is 2.31. The fourth-order valence-electron chi connectivity index (χ4n) is 2.49. The molecule has 1 unspecified atom stereocenters. The largest absolute Gasteiger partial charge is 0.496 e. The Morgan fingerprint density at radius 1 is 1.45 bits per heavy atom. The summed E-state index contributed by atoms with van der Waals surface area (Å²) in [6, 6.07) is 6.16. The summed E-state index contributed by atoms with van der Waals surface area (Å²) in [7, 11) is 3.51. The van der Waals surface area contributed by atoms with Crippen LogP contribution in [-0.4, -0.2) is 38.1 Å². The topological polar surface area (TPSA) is 38.8 Å². The van der Waals surface area contributed by atoms with Crippen LogP contribution in [0, 0.1) is 5.92 Å². The first-order chi connectivity index (χ1) is 9.51. The zero-order chi connectivity index (χ0) is 14.7. The normalized spacial score (nSPS) is 19.6. The van der Waals surface area contributed by atoms with Crippen molar-refractivity contribution in [3.8, 4) is 5.75 Å². The van der Waals surface area contributed by atoms with Crippen molar-refractivity contribution in [2.24, 2.45) is 5.92 Å². The molecule has 4 heteroatoms. The molecule has 1 aromatic carbocycles. The zero-order valence-electron chi connectivity index (χ0n) is 12.7. The van der Waals surface area contributed by atoms with Gasteiger partial charge in [0.2, 0.25) is 5.91 Å². The van der Waals surface area contributed by atoms with Crippen molar-refractivity contribution in [1.29, 1.82) is 0 Å². The zero-order valence-corrected chi connectivity index (χ0v) is 12.7. The summed E-state index contributed by atoms with van der Waals surface area (Å²) in [5.74, 6) is 1.52. The third kappa shape index (κ3) is 3.31. The van der Waals surface area contributed by atoms with E-state index in [1.807, 2.05) is 19.2 Å². The van der Waals surface area contributed by atoms with E-state index < -0.39 is 0 Å². The third-order valence-electron chi connectivity index (χ3n) is 3.58. The molecule has 0 radical (unpaired) electrons. The average molecular weight is 277 g/mol. The Labute approximate surface area is 120 Å². The van der Waals surface area contributed by atoms with Crippen LogP contribution in [-0.2, 0) is 16.0 Å². The van der Waals surface area contributed by atoms with Crippen molar-refractivity contribution >= 4 is 5.91 Å². The number of benzene rings is 1. The minimum absolute atomic E-state index is 0.0390. The Morgan fingerprint density at radius 3 is 2.80 bits per heavy atom. The van der Waals surface area contributed by atoms with E-state index in [-0.39, 0.29) is 18.6 Å². The maximum Gasteiger partial charge on any atom is 0.248 e. The number of likely N-dealkylation sites (N-methyl/N-ethyl adjacent to an activating group) is 1. The van der Waals surface area contributed by atoms with Crippen molar-refractivity contribution in [1.82, 2.24) is 4.90 Å². The molecule has 1 aliphatic rings. The smallest absolute Gasteiger partial charge is 0.248 e. The molecule has 1 aromatic rings. The van der Waals surface area contributed by atoms with Crippen molar-refractivity contribution < 1.29 is 14.3 Å². The van der Waals surface area contributed by atoms with Crippen LogP contribution in [0.25, 0.3) is 0 Å². The van der Waals surface area contributed by atoms with E-state index >= 15 is 0 Å². The van der Waals surface area contributed by atoms with Gasteiger partial charge in [-0.2, -0.15) is 0 Å². The van der Waals surface area contributed by atoms with Crippen molar-refractivity contribution in [3.63, 3.8) is 0 Å². The number of hydrogen-bond donors (Lipinski definition) is 0. The number of amides is 1. The lowest BCUT2D eigenvalue weighted by molar-refractivity contribution is -0.147. The lowest BCUT2D eigenvalue weighted by atomic mass is 9.97. The van der Waals surface area contributed by atoms with Crippen LogP contribution in [0.2, 0.25) is 0 Å². The molecule has 1 atom stereocenters. The Morgan fingerprint density at radius 2 is 2.20 bits per heavy atom. The molecule has 0 bridgehead atoms. The number of nitrogens with zero attached hydrogens (tertiary/aromatic N) is 1. The number of carbonyl (C=O) groups is 1. The predicted octanol–water partition coefficient (Wildman–Crippen LogP) is 2.42. The van der Waals surface area contributed by atoms with Gasteiger partial charge in [0.05, 0.1) is 13.7 Å². The van der Waals surface area contributed by atoms with Crippen molar-refractivity contribution in [2.75, 3.05) is 27.3 Å². The molecule has 1 heterocycles. The Hall–Kier alpha value is -1.55. The molecule has 0 saturated carbocycles. The fourth-order valence-corrected chi connectivity index (χ4v) is 2.49. The molecule has 1 amide bonds. The van der Waals surface area contributed by atoms with Crippen LogP contribution < -0.4 is 4.74 Å². The molecule has 4 nitrogen and oxygen atoms in total. The van der Waals surface area contributed by atoms with E-state index in [0.29, 0.717) is 12.5 Å². The monoisotopic (exact) mass is 277 g/mol. The summed E-state index contributed by atoms with van der Waals surface area (Å²) in [6.07, 6.45) is 0.924. The van der Waals surface area contributed by atoms with Crippen LogP contribution in [0.1, 0.15) is 31.1 Å². The minimum Gasteiger partial charge on any atom is -0.496 e. The lowest BCUT2D eigenvalue weighted by Gasteiger charge is -2.30. The van der Waals surface area contributed by atoms with Crippen LogP contribution >= 0.6 is 0 Å². The standard InChI is InChI=1S/C16H23NO3/c1-11(2)7-13-8-12(5-6-14(13)19-4)15-9-17(3)16(18)10-20-15/h5-6,8,11,15H,7,9-10H2,1-4H3. The van der Waals surface area contributed by atoms with Crippen LogP contribution in [0.4, 0.5) is 0 Å². The van der Waals surface area contributed by atoms with Gasteiger partial charge in [0, 0.05) is 7.05 Å². The summed E-state index contributed by atoms with van der Waals surface area (Å²) in [6.45, 7) is 5.14. The quantitative estimate of drug-likeness (QED) is 0.848. The van der Waals surface area contributed by atoms with E-state index in [2.05, 4.69) is 19.9 Å². The second-order valence-electron chi connectivity index (χ2n) is 5.74. The molecule has 1 fully saturated rings. The summed E-state index contributed by atoms with van der Waals surface area (Å²) in [4.78, 5) is 13.2. The number of rotatable bonds is 4. The van der Waals surface area contributed by atoms with E-state index in [0.717, 1.165) is 17.7 Å². The molecule has 0 spiro atoms. The van der Waals surface area contributed by atoms with Crippen LogP contribution in [0.15, 0.2) is 18.2 Å². The van der Waals surface area contributed by atoms with E-state index in [4.69, 9.17) is 9.47 Å². The Balaban J connectivity index is 2.22. The molecule has 2 rings (SSSR count). The molecular weight excluding hydrogens is 254 g/mol. The Kier molecular flexibility index (Phi) is 4.65. The highest BCUT2D eigenvalue weighted by Gasteiger charge is 2.25. The highest BCUT2D eigenvalue weighted by atomic mass is 16.5. The van der Waals surface area contributed by atoms with E-state index in [1.165, 1.54) is 5.56 Å². The first kappa shape index (κ1) is 14.9. The molecule has 0 N–H and O–H groups in total. The fraction of sp³-hybridized carbons (Fsp3) is 0.562. The van der Waals surface area contributed by atoms with Crippen LogP contribution in [0.5, 0.6) is 5.75 Å². The van der Waals surface area contributed by atoms with Crippen LogP contribution in [0.3, 0.4) is 0 Å². The summed E-state index contributed by atoms with van der Waals surface area (Å²) < 4.78 is 11.1. The molecule has 1 aliphatic heterocycles. The van der Waals surface area contributed by atoms with Gasteiger partial charge in [-0.25, -0.2) is 0 Å². The SMILES string of the molecule is COc1ccc(C2CN(C)C(=O)CO2)cc1CC(C)C. The maximum absolute atomic E-state index is 11.5. The van der Waals surface area contributed by atoms with Gasteiger partial charge in [-0.15, -0.1) is 0 Å². The number of carbonyl (C=O) groups excluding carboxylic acids is 1. The minimum atomic E-state index is -0.0467. The number of hydrogen-bond acceptors (Lipinski definition) is 3. The molecule has 0 aromatic heterocycles. The van der Waals surface area contributed by atoms with Gasteiger partial charge in [0.1, 0.15) is 18.5 Å². The second-order valence-corrected chi connectivity index (χ2v) is 5.74. The van der Waals surface area contributed by atoms with Gasteiger partial charge in [0.25, 0.3) is 0 Å². The number of methoxy groups -OCH3 is 1. The third-order valence-corrected chi connectivity index (χ3v) is 3.58. The molecule has 110 valence electrons. The number of ether oxygens (including phenoxy) is 2. The van der Waals surface area contributed by atoms with Gasteiger partial charge in [-0.05, 0) is 35.6 Å². The lowest BCUT2D eigenvalue weighted by Crippen LogP contribution is -2.40. The molecule has 20 heavy (non-hydrogen) atoms. The van der Waals surface area contributed by atoms with Gasteiger partial charge >= 0.3 is 0 Å². The average Bonchev–Trinajstić information content (AvgIpc) is 2.41. The summed E-state index contributed by atoms with van der Waals surface area (Å²) in [5, 5.41) is 0. The second kappa shape index (κ2) is 6.27. The maximum atomic E-state index is 11.5. The first-order valence-corrected chi connectivity index (χ1v) is 7.03. The van der Waals surface area contributed by atoms with Gasteiger partial charge in [-0.1, -0.05) is 19.9 Å². The van der Waals surface area contributed by atoms with Gasteiger partial charge in [0.15, 0.2) is 0 Å². The molecule has 1 saturated heterocycles.